The van der Waals surface area contributed by atoms with Gasteiger partial charge in [0.2, 0.25) is 0 Å². The number of hydrogen-bond acceptors (Lipinski definition) is 3. The van der Waals surface area contributed by atoms with E-state index in [9.17, 15) is 9.18 Å². The van der Waals surface area contributed by atoms with Gasteiger partial charge in [0.1, 0.15) is 5.92 Å². The summed E-state index contributed by atoms with van der Waals surface area (Å²) in [6, 6.07) is 2.79. The molecule has 3 N–H and O–H groups in total. The van der Waals surface area contributed by atoms with Crippen LogP contribution < -0.4 is 5.73 Å². The molecular formula is C10H10FN3O2. The number of fused-ring (bicyclic) bond motifs is 1. The van der Waals surface area contributed by atoms with Crippen molar-refractivity contribution in [1.29, 1.82) is 0 Å². The van der Waals surface area contributed by atoms with Crippen molar-refractivity contribution in [2.24, 2.45) is 5.73 Å². The second-order valence-electron chi connectivity index (χ2n) is 3.38. The molecule has 2 heterocycles. The van der Waals surface area contributed by atoms with Gasteiger partial charge in [0.25, 0.3) is 0 Å². The van der Waals surface area contributed by atoms with Crippen molar-refractivity contribution in [3.63, 3.8) is 0 Å². The van der Waals surface area contributed by atoms with Crippen LogP contribution in [0.2, 0.25) is 0 Å². The third-order valence-corrected chi connectivity index (χ3v) is 2.34. The molecule has 0 aliphatic carbocycles. The van der Waals surface area contributed by atoms with Crippen molar-refractivity contribution in [3.05, 3.63) is 36.0 Å². The van der Waals surface area contributed by atoms with Gasteiger partial charge in [-0.2, -0.15) is 0 Å². The van der Waals surface area contributed by atoms with Crippen molar-refractivity contribution in [2.75, 3.05) is 6.54 Å². The smallest absolute Gasteiger partial charge is 0.313 e. The number of carboxylic acid groups (broad SMARTS) is 1. The Balaban J connectivity index is 2.54. The van der Waals surface area contributed by atoms with E-state index in [2.05, 4.69) is 4.98 Å². The second kappa shape index (κ2) is 3.90. The number of nitrogens with zero attached hydrogens (tertiary/aromatic N) is 2. The molecule has 2 rings (SSSR count). The number of imidazole rings is 1. The summed E-state index contributed by atoms with van der Waals surface area (Å²) >= 11 is 0. The Morgan fingerprint density at radius 2 is 2.44 bits per heavy atom. The van der Waals surface area contributed by atoms with Gasteiger partial charge in [-0.3, -0.25) is 4.79 Å². The molecule has 6 heteroatoms. The van der Waals surface area contributed by atoms with E-state index in [1.165, 1.54) is 22.7 Å². The first-order chi connectivity index (χ1) is 7.63. The lowest BCUT2D eigenvalue weighted by Crippen LogP contribution is -2.21. The number of aromatic nitrogens is 2. The number of rotatable bonds is 3. The molecule has 2 aromatic heterocycles. The van der Waals surface area contributed by atoms with Crippen LogP contribution in [0.3, 0.4) is 0 Å². The fourth-order valence-electron chi connectivity index (χ4n) is 1.51. The van der Waals surface area contributed by atoms with E-state index in [0.29, 0.717) is 0 Å². The third kappa shape index (κ3) is 1.63. The second-order valence-corrected chi connectivity index (χ2v) is 3.38. The van der Waals surface area contributed by atoms with Crippen LogP contribution in [0.4, 0.5) is 4.39 Å². The van der Waals surface area contributed by atoms with E-state index in [-0.39, 0.29) is 17.9 Å². The van der Waals surface area contributed by atoms with Crippen LogP contribution in [0.25, 0.3) is 5.65 Å². The van der Waals surface area contributed by atoms with Gasteiger partial charge in [0, 0.05) is 18.9 Å². The standard InChI is InChI=1S/C10H10FN3O2/c11-7-2-1-3-14-5-8(13-9(7)14)6(4-12)10(15)16/h1-3,5-6H,4,12H2,(H,15,16). The molecule has 0 aliphatic heterocycles. The molecule has 0 bridgehead atoms. The zero-order valence-electron chi connectivity index (χ0n) is 8.30. The molecule has 0 aromatic carbocycles. The summed E-state index contributed by atoms with van der Waals surface area (Å²) in [5.41, 5.74) is 5.71. The van der Waals surface area contributed by atoms with E-state index in [1.807, 2.05) is 0 Å². The largest absolute Gasteiger partial charge is 0.481 e. The summed E-state index contributed by atoms with van der Waals surface area (Å²) in [6.07, 6.45) is 3.08. The Hall–Kier alpha value is -1.95. The van der Waals surface area contributed by atoms with Crippen LogP contribution in [0.15, 0.2) is 24.5 Å². The fourth-order valence-corrected chi connectivity index (χ4v) is 1.51. The quantitative estimate of drug-likeness (QED) is 0.798. The van der Waals surface area contributed by atoms with Crippen molar-refractivity contribution < 1.29 is 14.3 Å². The third-order valence-electron chi connectivity index (χ3n) is 2.34. The maximum absolute atomic E-state index is 13.3. The number of aliphatic carboxylic acids is 1. The summed E-state index contributed by atoms with van der Waals surface area (Å²) < 4.78 is 14.7. The zero-order valence-corrected chi connectivity index (χ0v) is 8.30. The normalized spacial score (nSPS) is 12.9. The molecule has 1 unspecified atom stereocenters. The van der Waals surface area contributed by atoms with Gasteiger partial charge < -0.3 is 15.2 Å². The molecule has 16 heavy (non-hydrogen) atoms. The highest BCUT2D eigenvalue weighted by molar-refractivity contribution is 5.76. The SMILES string of the molecule is NCC(C(=O)O)c1cn2cccc(F)c2n1. The number of halogens is 1. The minimum atomic E-state index is -1.06. The summed E-state index contributed by atoms with van der Waals surface area (Å²) in [5, 5.41) is 8.90. The minimum absolute atomic E-state index is 0.0686. The summed E-state index contributed by atoms with van der Waals surface area (Å²) in [7, 11) is 0. The first kappa shape index (κ1) is 10.6. The zero-order chi connectivity index (χ0) is 11.7. The number of carbonyl (C=O) groups is 1. The van der Waals surface area contributed by atoms with Gasteiger partial charge in [0.05, 0.1) is 5.69 Å². The van der Waals surface area contributed by atoms with Gasteiger partial charge in [-0.1, -0.05) is 0 Å². The molecule has 0 saturated carbocycles. The molecule has 0 aliphatic rings. The summed E-state index contributed by atoms with van der Waals surface area (Å²) in [5.74, 6) is -2.46. The lowest BCUT2D eigenvalue weighted by Gasteiger charge is -2.04. The van der Waals surface area contributed by atoms with E-state index in [1.54, 1.807) is 6.20 Å². The highest BCUT2D eigenvalue weighted by Gasteiger charge is 2.21. The first-order valence-electron chi connectivity index (χ1n) is 4.69. The molecular weight excluding hydrogens is 213 g/mol. The number of nitrogens with two attached hydrogens (primary N) is 1. The average Bonchev–Trinajstić information content (AvgIpc) is 2.63. The monoisotopic (exact) mass is 223 g/mol. The molecule has 0 radical (unpaired) electrons. The molecule has 0 spiro atoms. The molecule has 84 valence electrons. The predicted molar refractivity (Wildman–Crippen MR) is 54.6 cm³/mol. The summed E-state index contributed by atoms with van der Waals surface area (Å²) in [4.78, 5) is 14.8. The van der Waals surface area contributed by atoms with Crippen LogP contribution in [0.1, 0.15) is 11.6 Å². The van der Waals surface area contributed by atoms with Crippen molar-refractivity contribution in [3.8, 4) is 0 Å². The molecule has 0 amide bonds. The van der Waals surface area contributed by atoms with Gasteiger partial charge in [-0.25, -0.2) is 9.37 Å². The van der Waals surface area contributed by atoms with Crippen LogP contribution in [-0.4, -0.2) is 27.0 Å². The Morgan fingerprint density at radius 1 is 1.69 bits per heavy atom. The maximum Gasteiger partial charge on any atom is 0.313 e. The highest BCUT2D eigenvalue weighted by Crippen LogP contribution is 2.16. The Labute approximate surface area is 90.3 Å². The van der Waals surface area contributed by atoms with Gasteiger partial charge in [0.15, 0.2) is 11.5 Å². The number of carboxylic acids is 1. The van der Waals surface area contributed by atoms with Gasteiger partial charge >= 0.3 is 5.97 Å². The van der Waals surface area contributed by atoms with Crippen LogP contribution in [0.5, 0.6) is 0 Å². The number of pyridine rings is 1. The molecule has 1 atom stereocenters. The van der Waals surface area contributed by atoms with Gasteiger partial charge in [-0.15, -0.1) is 0 Å². The van der Waals surface area contributed by atoms with Gasteiger partial charge in [-0.05, 0) is 12.1 Å². The fraction of sp³-hybridized carbons (Fsp3) is 0.200. The molecule has 5 nitrogen and oxygen atoms in total. The van der Waals surface area contributed by atoms with E-state index < -0.39 is 17.7 Å². The van der Waals surface area contributed by atoms with Crippen LogP contribution in [-0.2, 0) is 4.79 Å². The average molecular weight is 223 g/mol. The Kier molecular flexibility index (Phi) is 2.57. The molecule has 0 saturated heterocycles. The maximum atomic E-state index is 13.3. The van der Waals surface area contributed by atoms with Crippen LogP contribution in [0, 0.1) is 5.82 Å². The van der Waals surface area contributed by atoms with Crippen molar-refractivity contribution >= 4 is 11.6 Å². The number of hydrogen-bond donors (Lipinski definition) is 2. The van der Waals surface area contributed by atoms with Crippen LogP contribution >= 0.6 is 0 Å². The Bertz CT molecular complexity index is 538. The predicted octanol–water partition coefficient (Wildman–Crippen LogP) is 0.600. The minimum Gasteiger partial charge on any atom is -0.481 e. The summed E-state index contributed by atoms with van der Waals surface area (Å²) in [6.45, 7) is -0.0686. The first-order valence-corrected chi connectivity index (χ1v) is 4.69. The lowest BCUT2D eigenvalue weighted by molar-refractivity contribution is -0.138. The molecule has 2 aromatic rings. The van der Waals surface area contributed by atoms with Crippen molar-refractivity contribution in [1.82, 2.24) is 9.38 Å². The van der Waals surface area contributed by atoms with Crippen molar-refractivity contribution in [2.45, 2.75) is 5.92 Å². The lowest BCUT2D eigenvalue weighted by atomic mass is 10.1. The molecule has 0 fully saturated rings. The van der Waals surface area contributed by atoms with E-state index in [4.69, 9.17) is 10.8 Å². The van der Waals surface area contributed by atoms with E-state index in [0.717, 1.165) is 0 Å². The van der Waals surface area contributed by atoms with E-state index >= 15 is 0 Å². The Morgan fingerprint density at radius 3 is 3.00 bits per heavy atom. The highest BCUT2D eigenvalue weighted by atomic mass is 19.1. The topological polar surface area (TPSA) is 80.6 Å².